The molecule has 2 aromatic rings. The van der Waals surface area contributed by atoms with Gasteiger partial charge in [-0.25, -0.2) is 4.79 Å². The maximum Gasteiger partial charge on any atom is 0.323 e. The predicted molar refractivity (Wildman–Crippen MR) is 83.5 cm³/mol. The number of carbonyl (C=O) groups excluding carboxylic acids is 1. The van der Waals surface area contributed by atoms with Gasteiger partial charge in [-0.05, 0) is 29.7 Å². The minimum atomic E-state index is -0.238. The number of amides is 2. The number of carbonyl (C=O) groups is 1. The van der Waals surface area contributed by atoms with Crippen molar-refractivity contribution in [1.29, 1.82) is 0 Å². The lowest BCUT2D eigenvalue weighted by Crippen LogP contribution is -2.24. The molecule has 20 heavy (non-hydrogen) atoms. The molecular weight excluding hydrogens is 248 g/mol. The Morgan fingerprint density at radius 1 is 1.05 bits per heavy atom. The molecule has 3 nitrogen and oxygen atoms in total. The van der Waals surface area contributed by atoms with Gasteiger partial charge in [0.05, 0.1) is 0 Å². The topological polar surface area (TPSA) is 41.1 Å². The first-order valence-corrected chi connectivity index (χ1v) is 6.66. The lowest BCUT2D eigenvalue weighted by molar-refractivity contribution is 0.255. The Morgan fingerprint density at radius 2 is 1.75 bits per heavy atom. The summed E-state index contributed by atoms with van der Waals surface area (Å²) in [4.78, 5) is 11.8. The summed E-state index contributed by atoms with van der Waals surface area (Å²) < 4.78 is 0. The Kier molecular flexibility index (Phi) is 4.95. The van der Waals surface area contributed by atoms with Gasteiger partial charge < -0.3 is 10.6 Å². The minimum Gasteiger partial charge on any atom is -0.314 e. The van der Waals surface area contributed by atoms with Gasteiger partial charge in [0.2, 0.25) is 0 Å². The number of anilines is 1. The molecular formula is C17H18N2O. The van der Waals surface area contributed by atoms with Crippen LogP contribution in [0.4, 0.5) is 10.5 Å². The lowest BCUT2D eigenvalue weighted by Gasteiger charge is -2.08. The van der Waals surface area contributed by atoms with Crippen molar-refractivity contribution >= 4 is 17.8 Å². The molecule has 0 aliphatic heterocycles. The number of hydrogen-bond acceptors (Lipinski definition) is 1. The third-order valence-electron chi connectivity index (χ3n) is 2.94. The first-order chi connectivity index (χ1) is 9.79. The number of urea groups is 1. The number of rotatable bonds is 4. The number of benzene rings is 2. The van der Waals surface area contributed by atoms with Crippen LogP contribution in [0.3, 0.4) is 0 Å². The Labute approximate surface area is 119 Å². The summed E-state index contributed by atoms with van der Waals surface area (Å²) in [6, 6.07) is 17.4. The van der Waals surface area contributed by atoms with Crippen molar-refractivity contribution in [3.05, 3.63) is 71.9 Å². The van der Waals surface area contributed by atoms with Crippen LogP contribution in [0.15, 0.2) is 60.8 Å². The molecule has 0 fully saturated rings. The van der Waals surface area contributed by atoms with Crippen LogP contribution in [0.5, 0.6) is 0 Å². The van der Waals surface area contributed by atoms with Crippen molar-refractivity contribution < 1.29 is 4.79 Å². The molecule has 0 unspecified atom stereocenters. The monoisotopic (exact) mass is 266 g/mol. The van der Waals surface area contributed by atoms with Crippen LogP contribution in [0.2, 0.25) is 0 Å². The summed E-state index contributed by atoms with van der Waals surface area (Å²) in [5, 5.41) is 5.55. The highest BCUT2D eigenvalue weighted by Gasteiger charge is 2.02. The molecule has 0 saturated carbocycles. The van der Waals surface area contributed by atoms with Crippen LogP contribution < -0.4 is 10.6 Å². The van der Waals surface area contributed by atoms with Gasteiger partial charge >= 0.3 is 6.03 Å². The third kappa shape index (κ3) is 3.99. The van der Waals surface area contributed by atoms with E-state index in [1.165, 1.54) is 0 Å². The van der Waals surface area contributed by atoms with Gasteiger partial charge in [0.1, 0.15) is 0 Å². The molecule has 0 spiro atoms. The first-order valence-electron chi connectivity index (χ1n) is 6.66. The fourth-order valence-corrected chi connectivity index (χ4v) is 1.89. The van der Waals surface area contributed by atoms with Crippen LogP contribution in [0.1, 0.15) is 18.1 Å². The molecule has 2 rings (SSSR count). The highest BCUT2D eigenvalue weighted by Crippen LogP contribution is 2.14. The van der Waals surface area contributed by atoms with E-state index in [2.05, 4.69) is 17.6 Å². The molecule has 102 valence electrons. The van der Waals surface area contributed by atoms with Crippen molar-refractivity contribution in [3.8, 4) is 0 Å². The fourth-order valence-electron chi connectivity index (χ4n) is 1.89. The molecule has 0 aromatic heterocycles. The van der Waals surface area contributed by atoms with Gasteiger partial charge in [-0.15, -0.1) is 0 Å². The van der Waals surface area contributed by atoms with Crippen LogP contribution in [-0.4, -0.2) is 6.03 Å². The van der Waals surface area contributed by atoms with Crippen molar-refractivity contribution in [2.45, 2.75) is 13.3 Å². The zero-order chi connectivity index (χ0) is 14.2. The average molecular weight is 266 g/mol. The standard InChI is InChI=1S/C17H18N2O/c1-2-15-10-6-7-11-16(15)19-17(20)18-13-12-14-8-4-3-5-9-14/h3-13H,2H2,1H3,(H2,18,19,20)/b13-12+. The average Bonchev–Trinajstić information content (AvgIpc) is 2.49. The summed E-state index contributed by atoms with van der Waals surface area (Å²) in [5.74, 6) is 0. The van der Waals surface area contributed by atoms with Crippen molar-refractivity contribution in [2.24, 2.45) is 0 Å². The molecule has 3 heteroatoms. The van der Waals surface area contributed by atoms with Gasteiger partial charge in [0.15, 0.2) is 0 Å². The predicted octanol–water partition coefficient (Wildman–Crippen LogP) is 4.04. The number of para-hydroxylation sites is 1. The van der Waals surface area contributed by atoms with Gasteiger partial charge in [-0.3, -0.25) is 0 Å². The highest BCUT2D eigenvalue weighted by molar-refractivity contribution is 5.91. The van der Waals surface area contributed by atoms with Crippen molar-refractivity contribution in [2.75, 3.05) is 5.32 Å². The van der Waals surface area contributed by atoms with Gasteiger partial charge in [-0.1, -0.05) is 55.5 Å². The van der Waals surface area contributed by atoms with Gasteiger partial charge in [0, 0.05) is 11.9 Å². The van der Waals surface area contributed by atoms with Crippen LogP contribution in [0.25, 0.3) is 6.08 Å². The fraction of sp³-hybridized carbons (Fsp3) is 0.118. The van der Waals surface area contributed by atoms with E-state index in [4.69, 9.17) is 0 Å². The second kappa shape index (κ2) is 7.14. The second-order valence-corrected chi connectivity index (χ2v) is 4.35. The molecule has 0 atom stereocenters. The number of hydrogen-bond donors (Lipinski definition) is 2. The summed E-state index contributed by atoms with van der Waals surface area (Å²) in [6.07, 6.45) is 4.38. The van der Waals surface area contributed by atoms with Gasteiger partial charge in [0.25, 0.3) is 0 Å². The van der Waals surface area contributed by atoms with E-state index < -0.39 is 0 Å². The highest BCUT2D eigenvalue weighted by atomic mass is 16.2. The molecule has 0 aliphatic carbocycles. The van der Waals surface area contributed by atoms with E-state index in [9.17, 15) is 4.79 Å². The normalized spacial score (nSPS) is 10.4. The van der Waals surface area contributed by atoms with E-state index >= 15 is 0 Å². The maximum absolute atomic E-state index is 11.8. The second-order valence-electron chi connectivity index (χ2n) is 4.35. The maximum atomic E-state index is 11.8. The molecule has 0 saturated heterocycles. The number of nitrogens with one attached hydrogen (secondary N) is 2. The van der Waals surface area contributed by atoms with Gasteiger partial charge in [-0.2, -0.15) is 0 Å². The third-order valence-corrected chi connectivity index (χ3v) is 2.94. The van der Waals surface area contributed by atoms with E-state index in [1.54, 1.807) is 6.20 Å². The van der Waals surface area contributed by atoms with E-state index in [0.29, 0.717) is 0 Å². The Bertz CT molecular complexity index is 591. The Morgan fingerprint density at radius 3 is 2.50 bits per heavy atom. The van der Waals surface area contributed by atoms with Crippen LogP contribution >= 0.6 is 0 Å². The quantitative estimate of drug-likeness (QED) is 0.861. The molecule has 0 aliphatic rings. The Balaban J connectivity index is 1.91. The first kappa shape index (κ1) is 13.9. The largest absolute Gasteiger partial charge is 0.323 e. The van der Waals surface area contributed by atoms with Crippen LogP contribution in [-0.2, 0) is 6.42 Å². The summed E-state index contributed by atoms with van der Waals surface area (Å²) in [5.41, 5.74) is 3.01. The van der Waals surface area contributed by atoms with E-state index in [-0.39, 0.29) is 6.03 Å². The summed E-state index contributed by atoms with van der Waals surface area (Å²) in [7, 11) is 0. The van der Waals surface area contributed by atoms with E-state index in [0.717, 1.165) is 23.2 Å². The minimum absolute atomic E-state index is 0.238. The molecule has 2 aromatic carbocycles. The van der Waals surface area contributed by atoms with Crippen molar-refractivity contribution in [1.82, 2.24) is 5.32 Å². The molecule has 2 amide bonds. The van der Waals surface area contributed by atoms with Crippen molar-refractivity contribution in [3.63, 3.8) is 0 Å². The smallest absolute Gasteiger partial charge is 0.314 e. The zero-order valence-corrected chi connectivity index (χ0v) is 11.5. The molecule has 0 heterocycles. The lowest BCUT2D eigenvalue weighted by atomic mass is 10.1. The molecule has 2 N–H and O–H groups in total. The summed E-state index contributed by atoms with van der Waals surface area (Å²) in [6.45, 7) is 2.06. The molecule has 0 bridgehead atoms. The SMILES string of the molecule is CCc1ccccc1NC(=O)N/C=C/c1ccccc1. The summed E-state index contributed by atoms with van der Waals surface area (Å²) >= 11 is 0. The Hall–Kier alpha value is -2.55. The van der Waals surface area contributed by atoms with E-state index in [1.807, 2.05) is 60.7 Å². The van der Waals surface area contributed by atoms with Crippen LogP contribution in [0, 0.1) is 0 Å². The number of aryl methyl sites for hydroxylation is 1. The molecule has 0 radical (unpaired) electrons. The zero-order valence-electron chi connectivity index (χ0n) is 11.5.